The molecule has 0 fully saturated rings. The molecule has 0 heterocycles. The van der Waals surface area contributed by atoms with Crippen molar-refractivity contribution in [2.75, 3.05) is 12.4 Å². The minimum atomic E-state index is -0.663. The average molecular weight is 287 g/mol. The van der Waals surface area contributed by atoms with Crippen molar-refractivity contribution < 1.29 is 9.53 Å². The van der Waals surface area contributed by atoms with Gasteiger partial charge in [0.1, 0.15) is 5.60 Å². The maximum absolute atomic E-state index is 12.4. The lowest BCUT2D eigenvalue weighted by Gasteiger charge is -2.26. The fourth-order valence-corrected chi connectivity index (χ4v) is 1.99. The van der Waals surface area contributed by atoms with Crippen LogP contribution in [0.1, 0.15) is 44.0 Å². The second-order valence-corrected chi connectivity index (χ2v) is 5.52. The number of hydrogen-bond donors (Lipinski definition) is 1. The van der Waals surface area contributed by atoms with E-state index >= 15 is 0 Å². The molecule has 0 aromatic heterocycles. The summed E-state index contributed by atoms with van der Waals surface area (Å²) < 4.78 is 5.67. The van der Waals surface area contributed by atoms with Crippen molar-refractivity contribution in [1.82, 2.24) is 0 Å². The number of rotatable bonds is 7. The van der Waals surface area contributed by atoms with E-state index in [0.717, 1.165) is 18.5 Å². The summed E-state index contributed by atoms with van der Waals surface area (Å²) in [4.78, 5) is 12.4. The topological polar surface area (TPSA) is 38.3 Å². The number of para-hydroxylation sites is 1. The van der Waals surface area contributed by atoms with Gasteiger partial charge in [0.2, 0.25) is 0 Å². The van der Waals surface area contributed by atoms with Gasteiger partial charge < -0.3 is 10.1 Å². The van der Waals surface area contributed by atoms with Crippen LogP contribution in [0.3, 0.4) is 0 Å². The van der Waals surface area contributed by atoms with Crippen molar-refractivity contribution in [2.45, 2.75) is 39.2 Å². The molecule has 1 aromatic rings. The number of ether oxygens (including phenoxy) is 1. The number of benzene rings is 1. The predicted molar refractivity (Wildman–Crippen MR) is 88.7 cm³/mol. The van der Waals surface area contributed by atoms with Crippen LogP contribution in [-0.4, -0.2) is 18.6 Å². The van der Waals surface area contributed by atoms with Crippen LogP contribution in [0.2, 0.25) is 0 Å². The first-order chi connectivity index (χ1) is 9.91. The van der Waals surface area contributed by atoms with Crippen molar-refractivity contribution in [3.8, 4) is 0 Å². The van der Waals surface area contributed by atoms with Gasteiger partial charge in [-0.1, -0.05) is 30.4 Å². The van der Waals surface area contributed by atoms with Gasteiger partial charge in [0, 0.05) is 12.7 Å². The van der Waals surface area contributed by atoms with E-state index in [2.05, 4.69) is 31.8 Å². The number of esters is 1. The molecule has 0 saturated heterocycles. The third kappa shape index (κ3) is 5.10. The fourth-order valence-electron chi connectivity index (χ4n) is 1.99. The maximum atomic E-state index is 12.4. The summed E-state index contributed by atoms with van der Waals surface area (Å²) in [5.41, 5.74) is 1.89. The third-order valence-corrected chi connectivity index (χ3v) is 3.37. The first-order valence-electron chi connectivity index (χ1n) is 7.19. The lowest BCUT2D eigenvalue weighted by atomic mass is 9.99. The summed E-state index contributed by atoms with van der Waals surface area (Å²) in [7, 11) is 1.79. The van der Waals surface area contributed by atoms with Crippen LogP contribution in [0.4, 0.5) is 5.69 Å². The standard InChI is InChI=1S/C18H25NO2/c1-6-18(4,13-9-10-14(2)3)21-17(20)15-11-7-8-12-16(15)19-5/h6-8,10-12,19H,1,9,13H2,2-5H3. The number of hydrogen-bond acceptors (Lipinski definition) is 3. The second kappa shape index (κ2) is 7.67. The molecule has 0 radical (unpaired) electrons. The highest BCUT2D eigenvalue weighted by molar-refractivity contribution is 5.95. The van der Waals surface area contributed by atoms with Gasteiger partial charge in [0.25, 0.3) is 0 Å². The largest absolute Gasteiger partial charge is 0.451 e. The van der Waals surface area contributed by atoms with E-state index < -0.39 is 5.60 Å². The van der Waals surface area contributed by atoms with Crippen LogP contribution in [-0.2, 0) is 4.74 Å². The Labute approximate surface area is 127 Å². The van der Waals surface area contributed by atoms with Crippen LogP contribution >= 0.6 is 0 Å². The zero-order valence-electron chi connectivity index (χ0n) is 13.4. The molecule has 3 nitrogen and oxygen atoms in total. The Balaban J connectivity index is 2.82. The number of anilines is 1. The van der Waals surface area contributed by atoms with Gasteiger partial charge in [-0.05, 0) is 51.8 Å². The summed E-state index contributed by atoms with van der Waals surface area (Å²) in [6.07, 6.45) is 5.41. The van der Waals surface area contributed by atoms with Gasteiger partial charge in [-0.3, -0.25) is 0 Å². The quantitative estimate of drug-likeness (QED) is 0.589. The summed E-state index contributed by atoms with van der Waals surface area (Å²) in [5.74, 6) is -0.334. The summed E-state index contributed by atoms with van der Waals surface area (Å²) in [6.45, 7) is 9.81. The molecular weight excluding hydrogens is 262 g/mol. The van der Waals surface area contributed by atoms with Gasteiger partial charge in [0.05, 0.1) is 5.56 Å². The number of carbonyl (C=O) groups is 1. The Morgan fingerprint density at radius 1 is 1.38 bits per heavy atom. The highest BCUT2D eigenvalue weighted by Gasteiger charge is 2.26. The third-order valence-electron chi connectivity index (χ3n) is 3.37. The molecule has 114 valence electrons. The summed E-state index contributed by atoms with van der Waals surface area (Å²) in [5, 5.41) is 3.00. The van der Waals surface area contributed by atoms with E-state index in [0.29, 0.717) is 5.56 Å². The van der Waals surface area contributed by atoms with Gasteiger partial charge in [-0.25, -0.2) is 4.79 Å². The van der Waals surface area contributed by atoms with Crippen molar-refractivity contribution in [2.24, 2.45) is 0 Å². The number of carbonyl (C=O) groups excluding carboxylic acids is 1. The number of allylic oxidation sites excluding steroid dienone is 2. The normalized spacial score (nSPS) is 13.0. The monoisotopic (exact) mass is 287 g/mol. The molecule has 0 aliphatic rings. The molecule has 21 heavy (non-hydrogen) atoms. The van der Waals surface area contributed by atoms with E-state index in [-0.39, 0.29) is 5.97 Å². The molecule has 1 aromatic carbocycles. The molecule has 0 bridgehead atoms. The van der Waals surface area contributed by atoms with Crippen molar-refractivity contribution in [3.63, 3.8) is 0 Å². The van der Waals surface area contributed by atoms with Crippen molar-refractivity contribution in [1.29, 1.82) is 0 Å². The van der Waals surface area contributed by atoms with Crippen LogP contribution in [0, 0.1) is 0 Å². The SMILES string of the molecule is C=CC(C)(CCC=C(C)C)OC(=O)c1ccccc1NC. The molecule has 0 saturated carbocycles. The van der Waals surface area contributed by atoms with Gasteiger partial charge in [0.15, 0.2) is 0 Å². The van der Waals surface area contributed by atoms with E-state index in [9.17, 15) is 4.79 Å². The lowest BCUT2D eigenvalue weighted by molar-refractivity contribution is 0.00847. The van der Waals surface area contributed by atoms with E-state index in [1.54, 1.807) is 19.2 Å². The van der Waals surface area contributed by atoms with Crippen LogP contribution in [0.15, 0.2) is 48.6 Å². The molecule has 1 unspecified atom stereocenters. The first kappa shape index (κ1) is 17.0. The summed E-state index contributed by atoms with van der Waals surface area (Å²) >= 11 is 0. The molecule has 1 atom stereocenters. The lowest BCUT2D eigenvalue weighted by Crippen LogP contribution is -2.29. The molecule has 0 aliphatic heterocycles. The molecule has 0 aliphatic carbocycles. The van der Waals surface area contributed by atoms with Gasteiger partial charge >= 0.3 is 5.97 Å². The number of nitrogens with one attached hydrogen (secondary N) is 1. The van der Waals surface area contributed by atoms with Crippen molar-refractivity contribution >= 4 is 11.7 Å². The predicted octanol–water partition coefficient (Wildman–Crippen LogP) is 4.58. The molecule has 1 rings (SSSR count). The second-order valence-electron chi connectivity index (χ2n) is 5.52. The Bertz CT molecular complexity index is 530. The highest BCUT2D eigenvalue weighted by Crippen LogP contribution is 2.24. The zero-order valence-corrected chi connectivity index (χ0v) is 13.4. The minimum Gasteiger partial charge on any atom is -0.451 e. The molecule has 0 spiro atoms. The van der Waals surface area contributed by atoms with E-state index in [1.807, 2.05) is 25.1 Å². The smallest absolute Gasteiger partial charge is 0.341 e. The Morgan fingerprint density at radius 2 is 2.05 bits per heavy atom. The average Bonchev–Trinajstić information content (AvgIpc) is 2.46. The fraction of sp³-hybridized carbons (Fsp3) is 0.389. The van der Waals surface area contributed by atoms with Crippen LogP contribution in [0.5, 0.6) is 0 Å². The van der Waals surface area contributed by atoms with E-state index in [4.69, 9.17) is 4.74 Å². The Morgan fingerprint density at radius 3 is 2.62 bits per heavy atom. The van der Waals surface area contributed by atoms with Gasteiger partial charge in [-0.15, -0.1) is 0 Å². The minimum absolute atomic E-state index is 0.334. The molecule has 0 amide bonds. The molecule has 3 heteroatoms. The summed E-state index contributed by atoms with van der Waals surface area (Å²) in [6, 6.07) is 7.31. The first-order valence-corrected chi connectivity index (χ1v) is 7.19. The highest BCUT2D eigenvalue weighted by atomic mass is 16.6. The Hall–Kier alpha value is -2.03. The molecule has 1 N–H and O–H groups in total. The van der Waals surface area contributed by atoms with Crippen LogP contribution in [0.25, 0.3) is 0 Å². The Kier molecular flexibility index (Phi) is 6.22. The maximum Gasteiger partial charge on any atom is 0.341 e. The van der Waals surface area contributed by atoms with Crippen LogP contribution < -0.4 is 5.32 Å². The van der Waals surface area contributed by atoms with E-state index in [1.165, 1.54) is 5.57 Å². The van der Waals surface area contributed by atoms with Gasteiger partial charge in [-0.2, -0.15) is 0 Å². The molecular formula is C18H25NO2. The zero-order chi connectivity index (χ0) is 15.9. The van der Waals surface area contributed by atoms with Crippen molar-refractivity contribution in [3.05, 3.63) is 54.1 Å².